The number of hydrogen-bond acceptors (Lipinski definition) is 0. The molecule has 0 amide bonds. The van der Waals surface area contributed by atoms with Crippen LogP contribution >= 0.6 is 0 Å². The van der Waals surface area contributed by atoms with Crippen LogP contribution in [0.15, 0.2) is 0 Å². The lowest BCUT2D eigenvalue weighted by Crippen LogP contribution is -2.51. The van der Waals surface area contributed by atoms with Gasteiger partial charge in [0.2, 0.25) is 0 Å². The number of hydrogen-bond donors (Lipinski definition) is 0. The zero-order valence-electron chi connectivity index (χ0n) is 7.47. The molecule has 1 aliphatic rings. The van der Waals surface area contributed by atoms with Crippen LogP contribution in [-0.4, -0.2) is 12.4 Å². The Hall–Kier alpha value is -0.420. The van der Waals surface area contributed by atoms with Crippen molar-refractivity contribution in [2.45, 2.75) is 38.5 Å². The highest BCUT2D eigenvalue weighted by atomic mass is 19.4. The first-order chi connectivity index (χ1) is 6.13. The number of alkyl halides is 6. The van der Waals surface area contributed by atoms with Crippen LogP contribution in [0.5, 0.6) is 0 Å². The molecule has 0 aromatic rings. The van der Waals surface area contributed by atoms with Gasteiger partial charge in [-0.25, -0.2) is 0 Å². The second-order valence-electron chi connectivity index (χ2n) is 3.76. The predicted molar refractivity (Wildman–Crippen MR) is 37.6 cm³/mol. The highest BCUT2D eigenvalue weighted by molar-refractivity contribution is 5.00. The molecule has 0 spiro atoms. The van der Waals surface area contributed by atoms with Crippen molar-refractivity contribution in [1.82, 2.24) is 0 Å². The van der Waals surface area contributed by atoms with E-state index in [1.165, 1.54) is 0 Å². The Balaban J connectivity index is 3.16. The maximum atomic E-state index is 12.4. The van der Waals surface area contributed by atoms with Gasteiger partial charge in [0.15, 0.2) is 5.41 Å². The maximum Gasteiger partial charge on any atom is 0.403 e. The number of halogens is 6. The third-order valence-electron chi connectivity index (χ3n) is 3.06. The minimum atomic E-state index is -5.19. The quantitative estimate of drug-likeness (QED) is 0.543. The maximum absolute atomic E-state index is 12.4. The summed E-state index contributed by atoms with van der Waals surface area (Å²) in [6, 6.07) is 0. The Morgan fingerprint density at radius 3 is 1.57 bits per heavy atom. The Morgan fingerprint density at radius 1 is 1.00 bits per heavy atom. The van der Waals surface area contributed by atoms with E-state index in [9.17, 15) is 26.3 Å². The van der Waals surface area contributed by atoms with Gasteiger partial charge in [-0.3, -0.25) is 0 Å². The third-order valence-corrected chi connectivity index (χ3v) is 3.06. The van der Waals surface area contributed by atoms with Gasteiger partial charge in [0.25, 0.3) is 0 Å². The third kappa shape index (κ3) is 1.39. The Labute approximate surface area is 77.3 Å². The van der Waals surface area contributed by atoms with Gasteiger partial charge in [0, 0.05) is 0 Å². The lowest BCUT2D eigenvalue weighted by atomic mass is 9.77. The van der Waals surface area contributed by atoms with E-state index in [1.54, 1.807) is 0 Å². The molecule has 1 fully saturated rings. The highest BCUT2D eigenvalue weighted by Gasteiger charge is 2.73. The Kier molecular flexibility index (Phi) is 2.53. The van der Waals surface area contributed by atoms with Crippen molar-refractivity contribution >= 4 is 0 Å². The van der Waals surface area contributed by atoms with Crippen LogP contribution in [0.25, 0.3) is 0 Å². The van der Waals surface area contributed by atoms with Gasteiger partial charge in [0.05, 0.1) is 0 Å². The zero-order chi connectivity index (χ0) is 11.2. The molecule has 6 heteroatoms. The molecule has 0 saturated heterocycles. The molecule has 1 unspecified atom stereocenters. The van der Waals surface area contributed by atoms with Crippen LogP contribution in [0.1, 0.15) is 26.2 Å². The van der Waals surface area contributed by atoms with Gasteiger partial charge in [0.1, 0.15) is 0 Å². The molecule has 14 heavy (non-hydrogen) atoms. The summed E-state index contributed by atoms with van der Waals surface area (Å²) >= 11 is 0. The van der Waals surface area contributed by atoms with Crippen LogP contribution < -0.4 is 0 Å². The summed E-state index contributed by atoms with van der Waals surface area (Å²) in [4.78, 5) is 0. The largest absolute Gasteiger partial charge is 0.403 e. The average Bonchev–Trinajstić information content (AvgIpc) is 2.27. The molecule has 0 aliphatic heterocycles. The van der Waals surface area contributed by atoms with Gasteiger partial charge in [-0.05, 0) is 18.8 Å². The van der Waals surface area contributed by atoms with Crippen LogP contribution in [0.3, 0.4) is 0 Å². The summed E-state index contributed by atoms with van der Waals surface area (Å²) in [6.07, 6.45) is -11.2. The molecular formula is C8H10F6. The van der Waals surface area contributed by atoms with Crippen LogP contribution in [0.2, 0.25) is 0 Å². The Bertz CT molecular complexity index is 199. The second kappa shape index (κ2) is 3.03. The summed E-state index contributed by atoms with van der Waals surface area (Å²) in [6.45, 7) is 1.02. The predicted octanol–water partition coefficient (Wildman–Crippen LogP) is 3.92. The first-order valence-corrected chi connectivity index (χ1v) is 4.26. The van der Waals surface area contributed by atoms with E-state index >= 15 is 0 Å². The first-order valence-electron chi connectivity index (χ1n) is 4.26. The average molecular weight is 220 g/mol. The van der Waals surface area contributed by atoms with Crippen molar-refractivity contribution in [2.75, 3.05) is 0 Å². The molecule has 0 N–H and O–H groups in total. The highest BCUT2D eigenvalue weighted by Crippen LogP contribution is 2.62. The van der Waals surface area contributed by atoms with Crippen molar-refractivity contribution in [1.29, 1.82) is 0 Å². The molecule has 84 valence electrons. The molecule has 0 aromatic carbocycles. The summed E-state index contributed by atoms with van der Waals surface area (Å²) in [7, 11) is 0. The lowest BCUT2D eigenvalue weighted by molar-refractivity contribution is -0.351. The van der Waals surface area contributed by atoms with Crippen molar-refractivity contribution in [2.24, 2.45) is 11.3 Å². The second-order valence-corrected chi connectivity index (χ2v) is 3.76. The smallest absolute Gasteiger partial charge is 0.170 e. The van der Waals surface area contributed by atoms with Crippen molar-refractivity contribution in [3.8, 4) is 0 Å². The van der Waals surface area contributed by atoms with Crippen LogP contribution in [-0.2, 0) is 0 Å². The molecule has 0 aromatic heterocycles. The van der Waals surface area contributed by atoms with E-state index in [-0.39, 0.29) is 12.8 Å². The molecule has 0 nitrogen and oxygen atoms in total. The summed E-state index contributed by atoms with van der Waals surface area (Å²) in [5, 5.41) is 0. The van der Waals surface area contributed by atoms with Gasteiger partial charge >= 0.3 is 12.4 Å². The fourth-order valence-electron chi connectivity index (χ4n) is 2.18. The van der Waals surface area contributed by atoms with E-state index in [1.807, 2.05) is 0 Å². The SMILES string of the molecule is CC1CCCC1(C(F)(F)F)C(F)(F)F. The molecular weight excluding hydrogens is 210 g/mol. The normalized spacial score (nSPS) is 28.1. The zero-order valence-corrected chi connectivity index (χ0v) is 7.47. The first kappa shape index (κ1) is 11.7. The van der Waals surface area contributed by atoms with Crippen molar-refractivity contribution in [3.63, 3.8) is 0 Å². The van der Waals surface area contributed by atoms with Crippen LogP contribution in [0.4, 0.5) is 26.3 Å². The van der Waals surface area contributed by atoms with Gasteiger partial charge in [-0.1, -0.05) is 13.3 Å². The lowest BCUT2D eigenvalue weighted by Gasteiger charge is -2.37. The summed E-state index contributed by atoms with van der Waals surface area (Å²) < 4.78 is 74.7. The van der Waals surface area contributed by atoms with Crippen LogP contribution in [0, 0.1) is 11.3 Å². The van der Waals surface area contributed by atoms with E-state index in [0.29, 0.717) is 0 Å². The molecule has 0 bridgehead atoms. The van der Waals surface area contributed by atoms with E-state index in [2.05, 4.69) is 0 Å². The molecule has 1 rings (SSSR count). The van der Waals surface area contributed by atoms with E-state index in [0.717, 1.165) is 6.92 Å². The standard InChI is InChI=1S/C8H10F6/c1-5-3-2-4-6(5,7(9,10)11)8(12,13)14/h5H,2-4H2,1H3. The molecule has 1 saturated carbocycles. The number of rotatable bonds is 0. The van der Waals surface area contributed by atoms with Gasteiger partial charge in [-0.15, -0.1) is 0 Å². The topological polar surface area (TPSA) is 0 Å². The van der Waals surface area contributed by atoms with Gasteiger partial charge in [-0.2, -0.15) is 26.3 Å². The molecule has 1 aliphatic carbocycles. The molecule has 1 atom stereocenters. The minimum Gasteiger partial charge on any atom is -0.170 e. The monoisotopic (exact) mass is 220 g/mol. The van der Waals surface area contributed by atoms with Gasteiger partial charge < -0.3 is 0 Å². The molecule has 0 radical (unpaired) electrons. The van der Waals surface area contributed by atoms with E-state index in [4.69, 9.17) is 0 Å². The minimum absolute atomic E-state index is 0.0137. The fraction of sp³-hybridized carbons (Fsp3) is 1.00. The van der Waals surface area contributed by atoms with Crippen molar-refractivity contribution in [3.05, 3.63) is 0 Å². The molecule has 0 heterocycles. The summed E-state index contributed by atoms with van der Waals surface area (Å²) in [5.41, 5.74) is -3.47. The van der Waals surface area contributed by atoms with E-state index < -0.39 is 30.1 Å². The van der Waals surface area contributed by atoms with Crippen molar-refractivity contribution < 1.29 is 26.3 Å². The fourth-order valence-corrected chi connectivity index (χ4v) is 2.18. The summed E-state index contributed by atoms with van der Waals surface area (Å²) in [5.74, 6) is -1.37. The Morgan fingerprint density at radius 2 is 1.43 bits per heavy atom.